The Morgan fingerprint density at radius 3 is 2.93 bits per heavy atom. The van der Waals surface area contributed by atoms with Crippen LogP contribution < -0.4 is 10.6 Å². The largest absolute Gasteiger partial charge is 0.378 e. The van der Waals surface area contributed by atoms with Crippen molar-refractivity contribution in [1.29, 1.82) is 0 Å². The summed E-state index contributed by atoms with van der Waals surface area (Å²) < 4.78 is 11.0. The van der Waals surface area contributed by atoms with E-state index in [1.165, 1.54) is 0 Å². The normalized spacial score (nSPS) is 42.0. The van der Waals surface area contributed by atoms with Crippen molar-refractivity contribution in [3.63, 3.8) is 0 Å². The summed E-state index contributed by atoms with van der Waals surface area (Å²) in [7, 11) is 0. The molecule has 3 unspecified atom stereocenters. The minimum Gasteiger partial charge on any atom is -0.378 e. The predicted octanol–water partition coefficient (Wildman–Crippen LogP) is 0.132. The van der Waals surface area contributed by atoms with Crippen molar-refractivity contribution in [3.05, 3.63) is 0 Å². The molecule has 0 bridgehead atoms. The highest BCUT2D eigenvalue weighted by atomic mass is 16.5. The molecule has 88 valence electrons. The van der Waals surface area contributed by atoms with Crippen LogP contribution in [-0.2, 0) is 9.47 Å². The fourth-order valence-corrected chi connectivity index (χ4v) is 2.17. The summed E-state index contributed by atoms with van der Waals surface area (Å²) in [5.74, 6) is 0. The second kappa shape index (κ2) is 4.78. The number of hydrogen-bond acceptors (Lipinski definition) is 4. The first-order chi connectivity index (χ1) is 7.21. The molecular weight excluding hydrogens is 192 g/mol. The molecule has 0 saturated carbocycles. The Balaban J connectivity index is 1.76. The molecule has 15 heavy (non-hydrogen) atoms. The van der Waals surface area contributed by atoms with Gasteiger partial charge in [-0.25, -0.2) is 0 Å². The smallest absolute Gasteiger partial charge is 0.0726 e. The second-order valence-electron chi connectivity index (χ2n) is 4.79. The number of rotatable bonds is 3. The number of hydrogen-bond donors (Lipinski definition) is 2. The molecule has 2 rings (SSSR count). The highest BCUT2D eigenvalue weighted by Gasteiger charge is 2.36. The summed E-state index contributed by atoms with van der Waals surface area (Å²) >= 11 is 0. The Kier molecular flexibility index (Phi) is 3.61. The summed E-state index contributed by atoms with van der Waals surface area (Å²) in [5, 5.41) is 7.06. The number of ether oxygens (including phenoxy) is 2. The fraction of sp³-hybridized carbons (Fsp3) is 1.00. The zero-order chi connectivity index (χ0) is 10.7. The standard InChI is InChI=1S/C11H22N2O2/c1-9-11(2,3-5-15-9)13-7-10-8-14-6-4-12-10/h9-10,12-13H,3-8H2,1-2H3. The van der Waals surface area contributed by atoms with Crippen molar-refractivity contribution in [2.24, 2.45) is 0 Å². The third-order valence-electron chi connectivity index (χ3n) is 3.64. The van der Waals surface area contributed by atoms with Gasteiger partial charge in [0.2, 0.25) is 0 Å². The molecule has 0 radical (unpaired) electrons. The quantitative estimate of drug-likeness (QED) is 0.701. The van der Waals surface area contributed by atoms with Crippen LogP contribution in [0.3, 0.4) is 0 Å². The average Bonchev–Trinajstić information content (AvgIpc) is 2.59. The van der Waals surface area contributed by atoms with E-state index in [9.17, 15) is 0 Å². The summed E-state index contributed by atoms with van der Waals surface area (Å²) in [6, 6.07) is 0.448. The van der Waals surface area contributed by atoms with E-state index in [4.69, 9.17) is 9.47 Å². The Bertz CT molecular complexity index is 207. The van der Waals surface area contributed by atoms with Gasteiger partial charge in [0.1, 0.15) is 0 Å². The number of nitrogens with one attached hydrogen (secondary N) is 2. The molecule has 0 aromatic rings. The van der Waals surface area contributed by atoms with Gasteiger partial charge in [-0.1, -0.05) is 0 Å². The summed E-state index contributed by atoms with van der Waals surface area (Å²) in [5.41, 5.74) is 0.138. The van der Waals surface area contributed by atoms with Gasteiger partial charge in [0, 0.05) is 31.3 Å². The maximum atomic E-state index is 5.59. The molecule has 0 spiro atoms. The topological polar surface area (TPSA) is 42.5 Å². The van der Waals surface area contributed by atoms with Crippen LogP contribution in [0.5, 0.6) is 0 Å². The number of morpholine rings is 1. The molecule has 0 aliphatic carbocycles. The van der Waals surface area contributed by atoms with Crippen LogP contribution in [0.4, 0.5) is 0 Å². The minimum atomic E-state index is 0.138. The summed E-state index contributed by atoms with van der Waals surface area (Å²) in [4.78, 5) is 0. The van der Waals surface area contributed by atoms with Crippen molar-refractivity contribution >= 4 is 0 Å². The zero-order valence-corrected chi connectivity index (χ0v) is 9.71. The molecule has 0 amide bonds. The van der Waals surface area contributed by atoms with Crippen LogP contribution >= 0.6 is 0 Å². The minimum absolute atomic E-state index is 0.138. The van der Waals surface area contributed by atoms with Crippen LogP contribution in [0, 0.1) is 0 Å². The van der Waals surface area contributed by atoms with Crippen LogP contribution in [0.2, 0.25) is 0 Å². The van der Waals surface area contributed by atoms with E-state index in [1.807, 2.05) is 0 Å². The first-order valence-corrected chi connectivity index (χ1v) is 5.88. The van der Waals surface area contributed by atoms with E-state index >= 15 is 0 Å². The van der Waals surface area contributed by atoms with Crippen molar-refractivity contribution in [1.82, 2.24) is 10.6 Å². The lowest BCUT2D eigenvalue weighted by Crippen LogP contribution is -2.55. The molecule has 2 N–H and O–H groups in total. The molecule has 2 fully saturated rings. The van der Waals surface area contributed by atoms with E-state index in [0.29, 0.717) is 12.1 Å². The van der Waals surface area contributed by atoms with Gasteiger partial charge in [-0.15, -0.1) is 0 Å². The lowest BCUT2D eigenvalue weighted by molar-refractivity contribution is 0.0641. The molecular formula is C11H22N2O2. The van der Waals surface area contributed by atoms with Gasteiger partial charge in [0.05, 0.1) is 19.3 Å². The van der Waals surface area contributed by atoms with Crippen molar-refractivity contribution in [3.8, 4) is 0 Å². The SMILES string of the molecule is CC1OCCC1(C)NCC1COCCN1. The highest BCUT2D eigenvalue weighted by Crippen LogP contribution is 2.24. The van der Waals surface area contributed by atoms with Crippen molar-refractivity contribution in [2.45, 2.75) is 38.0 Å². The van der Waals surface area contributed by atoms with Gasteiger partial charge >= 0.3 is 0 Å². The van der Waals surface area contributed by atoms with Crippen LogP contribution in [-0.4, -0.2) is 50.6 Å². The molecule has 2 heterocycles. The predicted molar refractivity (Wildman–Crippen MR) is 59.0 cm³/mol. The first-order valence-electron chi connectivity index (χ1n) is 5.88. The van der Waals surface area contributed by atoms with E-state index in [2.05, 4.69) is 24.5 Å². The van der Waals surface area contributed by atoms with Crippen LogP contribution in [0.25, 0.3) is 0 Å². The zero-order valence-electron chi connectivity index (χ0n) is 9.71. The molecule has 4 heteroatoms. The third-order valence-corrected chi connectivity index (χ3v) is 3.64. The maximum Gasteiger partial charge on any atom is 0.0726 e. The van der Waals surface area contributed by atoms with Crippen LogP contribution in [0.15, 0.2) is 0 Å². The van der Waals surface area contributed by atoms with Crippen molar-refractivity contribution in [2.75, 3.05) is 32.9 Å². The van der Waals surface area contributed by atoms with Gasteiger partial charge in [-0.2, -0.15) is 0 Å². The van der Waals surface area contributed by atoms with Gasteiger partial charge in [-0.3, -0.25) is 0 Å². The van der Waals surface area contributed by atoms with E-state index in [0.717, 1.165) is 39.3 Å². The van der Waals surface area contributed by atoms with Gasteiger partial charge in [0.15, 0.2) is 0 Å². The molecule has 4 nitrogen and oxygen atoms in total. The fourth-order valence-electron chi connectivity index (χ4n) is 2.17. The molecule has 2 aliphatic heterocycles. The Morgan fingerprint density at radius 2 is 2.33 bits per heavy atom. The van der Waals surface area contributed by atoms with E-state index in [1.54, 1.807) is 0 Å². The lowest BCUT2D eigenvalue weighted by atomic mass is 9.94. The lowest BCUT2D eigenvalue weighted by Gasteiger charge is -2.32. The monoisotopic (exact) mass is 214 g/mol. The van der Waals surface area contributed by atoms with Gasteiger partial charge in [-0.05, 0) is 20.3 Å². The Morgan fingerprint density at radius 1 is 1.47 bits per heavy atom. The molecule has 2 aliphatic rings. The molecule has 2 saturated heterocycles. The molecule has 3 atom stereocenters. The van der Waals surface area contributed by atoms with Gasteiger partial charge in [0.25, 0.3) is 0 Å². The van der Waals surface area contributed by atoms with Crippen LogP contribution in [0.1, 0.15) is 20.3 Å². The van der Waals surface area contributed by atoms with E-state index in [-0.39, 0.29) is 5.54 Å². The second-order valence-corrected chi connectivity index (χ2v) is 4.79. The van der Waals surface area contributed by atoms with Crippen molar-refractivity contribution < 1.29 is 9.47 Å². The maximum absolute atomic E-state index is 5.59. The average molecular weight is 214 g/mol. The van der Waals surface area contributed by atoms with Gasteiger partial charge < -0.3 is 20.1 Å². The summed E-state index contributed by atoms with van der Waals surface area (Å²) in [6.07, 6.45) is 1.41. The Labute approximate surface area is 91.7 Å². The molecule has 0 aromatic carbocycles. The highest BCUT2D eigenvalue weighted by molar-refractivity contribution is 4.94. The summed E-state index contributed by atoms with van der Waals surface area (Å²) in [6.45, 7) is 8.85. The Hall–Kier alpha value is -0.160. The first kappa shape index (κ1) is 11.3. The third kappa shape index (κ3) is 2.69. The van der Waals surface area contributed by atoms with E-state index < -0.39 is 0 Å². The molecule has 0 aromatic heterocycles.